The maximum absolute atomic E-state index is 12.7. The van der Waals surface area contributed by atoms with Crippen molar-refractivity contribution in [3.8, 4) is 0 Å². The van der Waals surface area contributed by atoms with Crippen molar-refractivity contribution >= 4 is 11.9 Å². The first-order valence-electron chi connectivity index (χ1n) is 9.69. The van der Waals surface area contributed by atoms with Gasteiger partial charge in [0.2, 0.25) is 5.91 Å². The number of fused-ring (bicyclic) bond motifs is 1. The Hall–Kier alpha value is -2.08. The Morgan fingerprint density at radius 2 is 1.58 bits per heavy atom. The zero-order chi connectivity index (χ0) is 17.9. The first-order chi connectivity index (χ1) is 12.7. The van der Waals surface area contributed by atoms with Crippen molar-refractivity contribution in [1.29, 1.82) is 0 Å². The summed E-state index contributed by atoms with van der Waals surface area (Å²) in [5.74, 6) is 0.580. The average Bonchev–Trinajstić information content (AvgIpc) is 3.11. The molecule has 2 fully saturated rings. The third-order valence-electron chi connectivity index (χ3n) is 5.86. The van der Waals surface area contributed by atoms with Gasteiger partial charge >= 0.3 is 6.03 Å². The minimum atomic E-state index is 0.0881. The first-order valence-corrected chi connectivity index (χ1v) is 9.69. The lowest BCUT2D eigenvalue weighted by molar-refractivity contribution is -0.133. The van der Waals surface area contributed by atoms with Gasteiger partial charge in [0, 0.05) is 45.7 Å². The van der Waals surface area contributed by atoms with E-state index < -0.39 is 0 Å². The van der Waals surface area contributed by atoms with Gasteiger partial charge in [-0.2, -0.15) is 0 Å². The van der Waals surface area contributed by atoms with Gasteiger partial charge in [-0.15, -0.1) is 0 Å². The first kappa shape index (κ1) is 17.3. The fourth-order valence-electron chi connectivity index (χ4n) is 4.30. The van der Waals surface area contributed by atoms with E-state index in [1.807, 2.05) is 14.7 Å². The highest BCUT2D eigenvalue weighted by Crippen LogP contribution is 2.35. The van der Waals surface area contributed by atoms with Crippen molar-refractivity contribution in [3.05, 3.63) is 35.4 Å². The lowest BCUT2D eigenvalue weighted by atomic mass is 9.97. The smallest absolute Gasteiger partial charge is 0.320 e. The summed E-state index contributed by atoms with van der Waals surface area (Å²) in [6.45, 7) is 5.11. The zero-order valence-corrected chi connectivity index (χ0v) is 15.2. The molecule has 2 saturated heterocycles. The number of hydrogen-bond acceptors (Lipinski definition) is 3. The van der Waals surface area contributed by atoms with Crippen molar-refractivity contribution in [2.24, 2.45) is 0 Å². The van der Waals surface area contributed by atoms with E-state index in [2.05, 4.69) is 24.3 Å². The highest BCUT2D eigenvalue weighted by molar-refractivity contribution is 5.78. The maximum atomic E-state index is 12.7. The van der Waals surface area contributed by atoms with Crippen LogP contribution in [-0.4, -0.2) is 79.1 Å². The fraction of sp³-hybridized carbons (Fsp3) is 0.600. The molecule has 0 radical (unpaired) electrons. The van der Waals surface area contributed by atoms with Crippen molar-refractivity contribution in [2.45, 2.75) is 25.2 Å². The standard InChI is InChI=1S/C20H27N3O3/c24-19(15-17-6-5-16-3-1-2-4-18(16)17)21-7-9-22(10-8-21)20(25)23-11-13-26-14-12-23/h1-4,17H,5-15H2. The zero-order valence-electron chi connectivity index (χ0n) is 15.2. The van der Waals surface area contributed by atoms with E-state index in [4.69, 9.17) is 4.74 Å². The molecule has 3 aliphatic rings. The monoisotopic (exact) mass is 357 g/mol. The molecular weight excluding hydrogens is 330 g/mol. The highest BCUT2D eigenvalue weighted by Gasteiger charge is 2.30. The minimum absolute atomic E-state index is 0.0881. The summed E-state index contributed by atoms with van der Waals surface area (Å²) in [7, 11) is 0. The van der Waals surface area contributed by atoms with E-state index >= 15 is 0 Å². The molecule has 0 saturated carbocycles. The van der Waals surface area contributed by atoms with Crippen LogP contribution >= 0.6 is 0 Å². The molecule has 0 spiro atoms. The topological polar surface area (TPSA) is 53.1 Å². The second-order valence-electron chi connectivity index (χ2n) is 7.39. The van der Waals surface area contributed by atoms with Crippen LogP contribution in [0.4, 0.5) is 4.79 Å². The molecule has 26 heavy (non-hydrogen) atoms. The van der Waals surface area contributed by atoms with Gasteiger partial charge in [-0.25, -0.2) is 4.79 Å². The Morgan fingerprint density at radius 3 is 2.35 bits per heavy atom. The molecule has 2 aliphatic heterocycles. The largest absolute Gasteiger partial charge is 0.378 e. The third-order valence-corrected chi connectivity index (χ3v) is 5.86. The minimum Gasteiger partial charge on any atom is -0.378 e. The summed E-state index contributed by atoms with van der Waals surface area (Å²) in [6.07, 6.45) is 2.74. The number of carbonyl (C=O) groups excluding carboxylic acids is 2. The normalized spacial score (nSPS) is 23.1. The van der Waals surface area contributed by atoms with Crippen LogP contribution in [0, 0.1) is 0 Å². The van der Waals surface area contributed by atoms with Crippen LogP contribution in [0.3, 0.4) is 0 Å². The summed E-state index contributed by atoms with van der Waals surface area (Å²) < 4.78 is 5.31. The number of carbonyl (C=O) groups is 2. The van der Waals surface area contributed by atoms with Crippen LogP contribution in [0.15, 0.2) is 24.3 Å². The van der Waals surface area contributed by atoms with Crippen LogP contribution < -0.4 is 0 Å². The Morgan fingerprint density at radius 1 is 0.923 bits per heavy atom. The molecule has 1 atom stereocenters. The molecule has 4 rings (SSSR count). The van der Waals surface area contributed by atoms with Crippen molar-refractivity contribution < 1.29 is 14.3 Å². The highest BCUT2D eigenvalue weighted by atomic mass is 16.5. The molecule has 0 aromatic heterocycles. The van der Waals surface area contributed by atoms with Crippen LogP contribution in [0.1, 0.15) is 29.9 Å². The molecule has 1 aromatic rings. The van der Waals surface area contributed by atoms with Crippen molar-refractivity contribution in [3.63, 3.8) is 0 Å². The van der Waals surface area contributed by atoms with E-state index in [0.29, 0.717) is 64.8 Å². The predicted molar refractivity (Wildman–Crippen MR) is 98.1 cm³/mol. The van der Waals surface area contributed by atoms with E-state index in [-0.39, 0.29) is 11.9 Å². The predicted octanol–water partition coefficient (Wildman–Crippen LogP) is 1.70. The van der Waals surface area contributed by atoms with Gasteiger partial charge in [-0.1, -0.05) is 24.3 Å². The fourth-order valence-corrected chi connectivity index (χ4v) is 4.30. The number of nitrogens with zero attached hydrogens (tertiary/aromatic N) is 3. The lowest BCUT2D eigenvalue weighted by Gasteiger charge is -2.38. The molecule has 1 aliphatic carbocycles. The van der Waals surface area contributed by atoms with E-state index in [1.165, 1.54) is 11.1 Å². The quantitative estimate of drug-likeness (QED) is 0.810. The number of piperazine rings is 1. The van der Waals surface area contributed by atoms with Gasteiger partial charge in [-0.3, -0.25) is 4.79 Å². The number of amides is 3. The molecule has 6 nitrogen and oxygen atoms in total. The summed E-state index contributed by atoms with van der Waals surface area (Å²) in [5.41, 5.74) is 2.74. The Labute approximate surface area is 154 Å². The molecule has 0 N–H and O–H groups in total. The van der Waals surface area contributed by atoms with E-state index in [0.717, 1.165) is 12.8 Å². The third kappa shape index (κ3) is 3.56. The number of morpholine rings is 1. The van der Waals surface area contributed by atoms with Crippen LogP contribution in [0.5, 0.6) is 0 Å². The molecule has 1 aromatic carbocycles. The van der Waals surface area contributed by atoms with Gasteiger partial charge in [-0.05, 0) is 29.9 Å². The molecule has 1 unspecified atom stereocenters. The van der Waals surface area contributed by atoms with Crippen molar-refractivity contribution in [1.82, 2.24) is 14.7 Å². The maximum Gasteiger partial charge on any atom is 0.320 e. The summed E-state index contributed by atoms with van der Waals surface area (Å²) in [4.78, 5) is 30.9. The molecule has 2 heterocycles. The number of hydrogen-bond donors (Lipinski definition) is 0. The number of ether oxygens (including phenoxy) is 1. The van der Waals surface area contributed by atoms with Gasteiger partial charge < -0.3 is 19.4 Å². The molecular formula is C20H27N3O3. The average molecular weight is 357 g/mol. The van der Waals surface area contributed by atoms with Gasteiger partial charge in [0.05, 0.1) is 13.2 Å². The van der Waals surface area contributed by atoms with Gasteiger partial charge in [0.15, 0.2) is 0 Å². The number of aryl methyl sites for hydroxylation is 1. The number of rotatable bonds is 2. The van der Waals surface area contributed by atoms with Crippen LogP contribution in [0.25, 0.3) is 0 Å². The van der Waals surface area contributed by atoms with E-state index in [9.17, 15) is 9.59 Å². The SMILES string of the molecule is O=C(CC1CCc2ccccc21)N1CCN(C(=O)N2CCOCC2)CC1. The molecule has 0 bridgehead atoms. The van der Waals surface area contributed by atoms with Crippen LogP contribution in [-0.2, 0) is 16.0 Å². The van der Waals surface area contributed by atoms with E-state index in [1.54, 1.807) is 0 Å². The Balaban J connectivity index is 1.28. The second-order valence-corrected chi connectivity index (χ2v) is 7.39. The molecule has 6 heteroatoms. The number of benzene rings is 1. The Kier molecular flexibility index (Phi) is 5.11. The lowest BCUT2D eigenvalue weighted by Crippen LogP contribution is -2.55. The Bertz CT molecular complexity index is 664. The molecule has 3 amide bonds. The van der Waals surface area contributed by atoms with Crippen molar-refractivity contribution in [2.75, 3.05) is 52.5 Å². The van der Waals surface area contributed by atoms with Gasteiger partial charge in [0.25, 0.3) is 0 Å². The summed E-state index contributed by atoms with van der Waals surface area (Å²) in [5, 5.41) is 0. The molecule has 140 valence electrons. The number of urea groups is 1. The summed E-state index contributed by atoms with van der Waals surface area (Å²) in [6, 6.07) is 8.57. The van der Waals surface area contributed by atoms with Crippen LogP contribution in [0.2, 0.25) is 0 Å². The van der Waals surface area contributed by atoms with Gasteiger partial charge in [0.1, 0.15) is 0 Å². The summed E-state index contributed by atoms with van der Waals surface area (Å²) >= 11 is 0. The second kappa shape index (κ2) is 7.66.